The highest BCUT2D eigenvalue weighted by atomic mass is 16.5. The van der Waals surface area contributed by atoms with Gasteiger partial charge in [0.15, 0.2) is 0 Å². The average molecular weight is 252 g/mol. The number of rotatable bonds is 8. The van der Waals surface area contributed by atoms with E-state index in [4.69, 9.17) is 15.2 Å². The van der Waals surface area contributed by atoms with E-state index in [1.54, 1.807) is 14.2 Å². The zero-order chi connectivity index (χ0) is 13.4. The van der Waals surface area contributed by atoms with Gasteiger partial charge < -0.3 is 15.2 Å². The summed E-state index contributed by atoms with van der Waals surface area (Å²) in [5.74, 6) is 0.892. The van der Waals surface area contributed by atoms with Gasteiger partial charge in [-0.05, 0) is 12.6 Å². The van der Waals surface area contributed by atoms with Crippen LogP contribution in [0.15, 0.2) is 24.3 Å². The lowest BCUT2D eigenvalue weighted by Crippen LogP contribution is -2.36. The van der Waals surface area contributed by atoms with E-state index in [2.05, 4.69) is 17.9 Å². The number of hydrogen-bond acceptors (Lipinski definition) is 4. The SMILES string of the molecule is CCN(CCOC)C(CN)c1ccccc1OC. The number of nitrogens with two attached hydrogens (primary N) is 1. The van der Waals surface area contributed by atoms with Gasteiger partial charge >= 0.3 is 0 Å². The molecule has 0 aliphatic carbocycles. The van der Waals surface area contributed by atoms with Gasteiger partial charge in [0.25, 0.3) is 0 Å². The number of likely N-dealkylation sites (N-methyl/N-ethyl adjacent to an activating group) is 1. The van der Waals surface area contributed by atoms with Crippen molar-refractivity contribution >= 4 is 0 Å². The van der Waals surface area contributed by atoms with Crippen LogP contribution in [-0.2, 0) is 4.74 Å². The molecular weight excluding hydrogens is 228 g/mol. The van der Waals surface area contributed by atoms with Gasteiger partial charge in [-0.1, -0.05) is 25.1 Å². The highest BCUT2D eigenvalue weighted by Gasteiger charge is 2.20. The van der Waals surface area contributed by atoms with Crippen molar-refractivity contribution in [3.63, 3.8) is 0 Å². The zero-order valence-electron chi connectivity index (χ0n) is 11.6. The molecule has 0 bridgehead atoms. The maximum Gasteiger partial charge on any atom is 0.123 e. The monoisotopic (exact) mass is 252 g/mol. The van der Waals surface area contributed by atoms with Gasteiger partial charge in [0, 0.05) is 25.8 Å². The fourth-order valence-corrected chi connectivity index (χ4v) is 2.16. The molecule has 4 heteroatoms. The summed E-state index contributed by atoms with van der Waals surface area (Å²) in [7, 11) is 3.41. The van der Waals surface area contributed by atoms with Crippen molar-refractivity contribution in [3.05, 3.63) is 29.8 Å². The summed E-state index contributed by atoms with van der Waals surface area (Å²) in [6, 6.07) is 8.21. The number of nitrogens with zero attached hydrogens (tertiary/aromatic N) is 1. The molecule has 1 rings (SSSR count). The Kier molecular flexibility index (Phi) is 6.72. The molecule has 18 heavy (non-hydrogen) atoms. The zero-order valence-corrected chi connectivity index (χ0v) is 11.6. The van der Waals surface area contributed by atoms with Crippen LogP contribution >= 0.6 is 0 Å². The molecule has 0 aliphatic rings. The smallest absolute Gasteiger partial charge is 0.123 e. The number of hydrogen-bond donors (Lipinski definition) is 1. The second-order valence-electron chi connectivity index (χ2n) is 4.11. The Balaban J connectivity index is 2.92. The van der Waals surface area contributed by atoms with E-state index in [-0.39, 0.29) is 6.04 Å². The van der Waals surface area contributed by atoms with Crippen molar-refractivity contribution in [3.8, 4) is 5.75 Å². The molecule has 1 unspecified atom stereocenters. The Morgan fingerprint density at radius 1 is 1.28 bits per heavy atom. The second kappa shape index (κ2) is 8.08. The van der Waals surface area contributed by atoms with Crippen LogP contribution in [0.1, 0.15) is 18.5 Å². The molecule has 0 heterocycles. The van der Waals surface area contributed by atoms with Gasteiger partial charge in [-0.15, -0.1) is 0 Å². The summed E-state index contributed by atoms with van der Waals surface area (Å²) in [6.45, 7) is 5.21. The molecule has 1 aromatic rings. The van der Waals surface area contributed by atoms with Crippen LogP contribution in [0.5, 0.6) is 5.75 Å². The maximum atomic E-state index is 5.94. The molecular formula is C14H24N2O2. The van der Waals surface area contributed by atoms with Crippen LogP contribution in [0, 0.1) is 0 Å². The van der Waals surface area contributed by atoms with E-state index in [9.17, 15) is 0 Å². The molecule has 0 saturated carbocycles. The minimum Gasteiger partial charge on any atom is -0.496 e. The molecule has 0 aliphatic heterocycles. The predicted molar refractivity (Wildman–Crippen MR) is 73.9 cm³/mol. The van der Waals surface area contributed by atoms with E-state index >= 15 is 0 Å². The Morgan fingerprint density at radius 2 is 2.00 bits per heavy atom. The van der Waals surface area contributed by atoms with Crippen LogP contribution in [0.2, 0.25) is 0 Å². The summed E-state index contributed by atoms with van der Waals surface area (Å²) in [5.41, 5.74) is 7.08. The molecule has 1 aromatic carbocycles. The van der Waals surface area contributed by atoms with Crippen molar-refractivity contribution in [2.24, 2.45) is 5.73 Å². The van der Waals surface area contributed by atoms with Gasteiger partial charge in [-0.2, -0.15) is 0 Å². The van der Waals surface area contributed by atoms with Gasteiger partial charge in [0.2, 0.25) is 0 Å². The van der Waals surface area contributed by atoms with Crippen molar-refractivity contribution in [1.82, 2.24) is 4.90 Å². The van der Waals surface area contributed by atoms with E-state index in [0.29, 0.717) is 13.2 Å². The summed E-state index contributed by atoms with van der Waals surface area (Å²) in [4.78, 5) is 2.31. The normalized spacial score (nSPS) is 12.7. The molecule has 0 aromatic heterocycles. The average Bonchev–Trinajstić information content (AvgIpc) is 2.43. The Morgan fingerprint density at radius 3 is 2.56 bits per heavy atom. The summed E-state index contributed by atoms with van der Waals surface area (Å²) < 4.78 is 10.6. The van der Waals surface area contributed by atoms with Crippen LogP contribution in [0.25, 0.3) is 0 Å². The first kappa shape index (κ1) is 15.0. The third-order valence-electron chi connectivity index (χ3n) is 3.15. The molecule has 0 amide bonds. The maximum absolute atomic E-state index is 5.94. The molecule has 102 valence electrons. The molecule has 0 radical (unpaired) electrons. The van der Waals surface area contributed by atoms with Crippen LogP contribution < -0.4 is 10.5 Å². The van der Waals surface area contributed by atoms with Crippen molar-refractivity contribution in [2.45, 2.75) is 13.0 Å². The van der Waals surface area contributed by atoms with Crippen LogP contribution in [0.3, 0.4) is 0 Å². The lowest BCUT2D eigenvalue weighted by atomic mass is 10.0. The lowest BCUT2D eigenvalue weighted by Gasteiger charge is -2.30. The first-order valence-electron chi connectivity index (χ1n) is 6.34. The molecule has 0 saturated heterocycles. The topological polar surface area (TPSA) is 47.7 Å². The lowest BCUT2D eigenvalue weighted by molar-refractivity contribution is 0.124. The number of ether oxygens (including phenoxy) is 2. The third-order valence-corrected chi connectivity index (χ3v) is 3.15. The quantitative estimate of drug-likeness (QED) is 0.764. The number of para-hydroxylation sites is 1. The first-order chi connectivity index (χ1) is 8.78. The Hall–Kier alpha value is -1.10. The largest absolute Gasteiger partial charge is 0.496 e. The Bertz CT molecular complexity index is 344. The first-order valence-corrected chi connectivity index (χ1v) is 6.34. The van der Waals surface area contributed by atoms with Gasteiger partial charge in [0.05, 0.1) is 19.8 Å². The minimum absolute atomic E-state index is 0.168. The van der Waals surface area contributed by atoms with Crippen molar-refractivity contribution < 1.29 is 9.47 Å². The van der Waals surface area contributed by atoms with Gasteiger partial charge in [-0.3, -0.25) is 4.90 Å². The summed E-state index contributed by atoms with van der Waals surface area (Å²) in [5, 5.41) is 0. The molecule has 0 fully saturated rings. The van der Waals surface area contributed by atoms with Crippen molar-refractivity contribution in [1.29, 1.82) is 0 Å². The van der Waals surface area contributed by atoms with Gasteiger partial charge in [-0.25, -0.2) is 0 Å². The van der Waals surface area contributed by atoms with E-state index < -0.39 is 0 Å². The Labute approximate surface area is 110 Å². The second-order valence-corrected chi connectivity index (χ2v) is 4.11. The third kappa shape index (κ3) is 3.70. The number of benzene rings is 1. The molecule has 0 spiro atoms. The minimum atomic E-state index is 0.168. The summed E-state index contributed by atoms with van der Waals surface area (Å²) >= 11 is 0. The van der Waals surface area contributed by atoms with E-state index in [0.717, 1.165) is 24.4 Å². The number of methoxy groups -OCH3 is 2. The highest BCUT2D eigenvalue weighted by molar-refractivity contribution is 5.36. The molecule has 4 nitrogen and oxygen atoms in total. The fourth-order valence-electron chi connectivity index (χ4n) is 2.16. The molecule has 1 atom stereocenters. The fraction of sp³-hybridized carbons (Fsp3) is 0.571. The summed E-state index contributed by atoms with van der Waals surface area (Å²) in [6.07, 6.45) is 0. The standard InChI is InChI=1S/C14H24N2O2/c1-4-16(9-10-17-2)13(11-15)12-7-5-6-8-14(12)18-3/h5-8,13H,4,9-11,15H2,1-3H3. The van der Waals surface area contributed by atoms with E-state index in [1.807, 2.05) is 18.2 Å². The highest BCUT2D eigenvalue weighted by Crippen LogP contribution is 2.28. The van der Waals surface area contributed by atoms with Crippen LogP contribution in [0.4, 0.5) is 0 Å². The van der Waals surface area contributed by atoms with Gasteiger partial charge in [0.1, 0.15) is 5.75 Å². The predicted octanol–water partition coefficient (Wildman–Crippen LogP) is 1.66. The van der Waals surface area contributed by atoms with E-state index in [1.165, 1.54) is 0 Å². The van der Waals surface area contributed by atoms with Crippen molar-refractivity contribution in [2.75, 3.05) is 40.5 Å². The van der Waals surface area contributed by atoms with Crippen LogP contribution in [-0.4, -0.2) is 45.4 Å². The molecule has 2 N–H and O–H groups in total.